The van der Waals surface area contributed by atoms with Gasteiger partial charge in [-0.3, -0.25) is 4.79 Å². The number of hydrogen-bond donors (Lipinski definition) is 1. The molecule has 9 heavy (non-hydrogen) atoms. The molecule has 3 heteroatoms. The zero-order chi connectivity index (χ0) is 6.69. The van der Waals surface area contributed by atoms with E-state index in [-0.39, 0.29) is 5.12 Å². The first-order valence-corrected chi connectivity index (χ1v) is 4.11. The van der Waals surface area contributed by atoms with Crippen molar-refractivity contribution in [3.8, 4) is 0 Å². The Morgan fingerprint density at radius 2 is 2.44 bits per heavy atom. The maximum absolute atomic E-state index is 10.4. The summed E-state index contributed by atoms with van der Waals surface area (Å²) in [4.78, 5) is 10.4. The molecule has 0 atom stereocenters. The van der Waals surface area contributed by atoms with Gasteiger partial charge in [-0.25, -0.2) is 0 Å². The van der Waals surface area contributed by atoms with Crippen LogP contribution in [0.25, 0.3) is 0 Å². The van der Waals surface area contributed by atoms with Crippen LogP contribution in [0.3, 0.4) is 0 Å². The summed E-state index contributed by atoms with van der Waals surface area (Å²) >= 11 is 1.44. The minimum absolute atomic E-state index is 0.238. The fourth-order valence-electron chi connectivity index (χ4n) is 0.702. The van der Waals surface area contributed by atoms with Crippen molar-refractivity contribution in [1.29, 1.82) is 0 Å². The van der Waals surface area contributed by atoms with Gasteiger partial charge in [-0.1, -0.05) is 11.8 Å². The van der Waals surface area contributed by atoms with Crippen LogP contribution < -0.4 is 5.32 Å². The highest BCUT2D eigenvalue weighted by Crippen LogP contribution is 2.12. The average Bonchev–Trinajstić information content (AvgIpc) is 1.60. The molecular formula is C6H11NOS. The lowest BCUT2D eigenvalue weighted by atomic mass is 10.1. The number of thioether (sulfide) groups is 1. The maximum atomic E-state index is 10.4. The summed E-state index contributed by atoms with van der Waals surface area (Å²) in [6, 6.07) is 0. The topological polar surface area (TPSA) is 29.1 Å². The number of rotatable bonds is 2. The Balaban J connectivity index is 1.97. The van der Waals surface area contributed by atoms with E-state index in [0.29, 0.717) is 0 Å². The first kappa shape index (κ1) is 7.09. The highest BCUT2D eigenvalue weighted by atomic mass is 32.2. The Labute approximate surface area is 59.4 Å². The van der Waals surface area contributed by atoms with Crippen molar-refractivity contribution in [3.05, 3.63) is 0 Å². The van der Waals surface area contributed by atoms with E-state index in [1.54, 1.807) is 6.92 Å². The predicted molar refractivity (Wildman–Crippen MR) is 39.5 cm³/mol. The van der Waals surface area contributed by atoms with Crippen LogP contribution >= 0.6 is 11.8 Å². The van der Waals surface area contributed by atoms with E-state index in [1.807, 2.05) is 0 Å². The minimum Gasteiger partial charge on any atom is -0.316 e. The third kappa shape index (κ3) is 2.37. The van der Waals surface area contributed by atoms with Crippen LogP contribution in [-0.2, 0) is 4.79 Å². The minimum atomic E-state index is 0.238. The summed E-state index contributed by atoms with van der Waals surface area (Å²) in [5, 5.41) is 3.40. The standard InChI is InChI=1S/C6H11NOS/c1-5(8)9-4-6-2-7-3-6/h6-7H,2-4H2,1H3. The van der Waals surface area contributed by atoms with Crippen molar-refractivity contribution in [2.45, 2.75) is 6.92 Å². The van der Waals surface area contributed by atoms with Crippen molar-refractivity contribution >= 4 is 16.9 Å². The van der Waals surface area contributed by atoms with E-state index in [1.165, 1.54) is 11.8 Å². The smallest absolute Gasteiger partial charge is 0.185 e. The molecule has 2 nitrogen and oxygen atoms in total. The molecule has 0 aromatic carbocycles. The second-order valence-corrected chi connectivity index (χ2v) is 3.52. The second kappa shape index (κ2) is 3.22. The van der Waals surface area contributed by atoms with Gasteiger partial charge < -0.3 is 5.32 Å². The third-order valence-corrected chi connectivity index (χ3v) is 2.43. The summed E-state index contributed by atoms with van der Waals surface area (Å²) in [6.45, 7) is 3.82. The fraction of sp³-hybridized carbons (Fsp3) is 0.833. The Hall–Kier alpha value is -0.0200. The molecule has 0 amide bonds. The lowest BCUT2D eigenvalue weighted by molar-refractivity contribution is -0.109. The molecule has 1 aliphatic heterocycles. The van der Waals surface area contributed by atoms with E-state index < -0.39 is 0 Å². The van der Waals surface area contributed by atoms with Gasteiger partial charge in [0.15, 0.2) is 5.12 Å². The summed E-state index contributed by atoms with van der Waals surface area (Å²) in [5.74, 6) is 1.75. The van der Waals surface area contributed by atoms with Crippen LogP contribution in [0.2, 0.25) is 0 Å². The third-order valence-electron chi connectivity index (χ3n) is 1.39. The molecular weight excluding hydrogens is 134 g/mol. The average molecular weight is 145 g/mol. The summed E-state index contributed by atoms with van der Waals surface area (Å²) in [7, 11) is 0. The Bertz CT molecular complexity index is 112. The highest BCUT2D eigenvalue weighted by Gasteiger charge is 2.16. The first-order chi connectivity index (χ1) is 4.29. The van der Waals surface area contributed by atoms with E-state index in [2.05, 4.69) is 5.32 Å². The van der Waals surface area contributed by atoms with Crippen LogP contribution in [0.15, 0.2) is 0 Å². The molecule has 0 radical (unpaired) electrons. The molecule has 0 aliphatic carbocycles. The first-order valence-electron chi connectivity index (χ1n) is 3.13. The molecule has 0 spiro atoms. The number of nitrogens with one attached hydrogen (secondary N) is 1. The lowest BCUT2D eigenvalue weighted by Crippen LogP contribution is -2.43. The maximum Gasteiger partial charge on any atom is 0.185 e. The quantitative estimate of drug-likeness (QED) is 0.613. The molecule has 1 heterocycles. The van der Waals surface area contributed by atoms with Crippen molar-refractivity contribution in [3.63, 3.8) is 0 Å². The van der Waals surface area contributed by atoms with Gasteiger partial charge in [0.05, 0.1) is 0 Å². The SMILES string of the molecule is CC(=O)SCC1CNC1. The zero-order valence-electron chi connectivity index (χ0n) is 5.52. The van der Waals surface area contributed by atoms with Gasteiger partial charge in [0.1, 0.15) is 0 Å². The van der Waals surface area contributed by atoms with Gasteiger partial charge in [-0.2, -0.15) is 0 Å². The van der Waals surface area contributed by atoms with Crippen LogP contribution in [0.1, 0.15) is 6.92 Å². The van der Waals surface area contributed by atoms with Crippen molar-refractivity contribution < 1.29 is 4.79 Å². The molecule has 1 aliphatic rings. The number of hydrogen-bond acceptors (Lipinski definition) is 3. The van der Waals surface area contributed by atoms with E-state index >= 15 is 0 Å². The summed E-state index contributed by atoms with van der Waals surface area (Å²) < 4.78 is 0. The van der Waals surface area contributed by atoms with Gasteiger partial charge in [0, 0.05) is 12.7 Å². The van der Waals surface area contributed by atoms with Crippen molar-refractivity contribution in [1.82, 2.24) is 5.32 Å². The van der Waals surface area contributed by atoms with E-state index in [4.69, 9.17) is 0 Å². The molecule has 52 valence electrons. The molecule has 1 saturated heterocycles. The normalized spacial score (nSPS) is 19.2. The van der Waals surface area contributed by atoms with Crippen LogP contribution in [0.5, 0.6) is 0 Å². The Morgan fingerprint density at radius 3 is 2.78 bits per heavy atom. The molecule has 1 fully saturated rings. The van der Waals surface area contributed by atoms with E-state index in [9.17, 15) is 4.79 Å². The highest BCUT2D eigenvalue weighted by molar-refractivity contribution is 8.13. The number of carbonyl (C=O) groups is 1. The second-order valence-electron chi connectivity index (χ2n) is 2.33. The van der Waals surface area contributed by atoms with Gasteiger partial charge in [-0.15, -0.1) is 0 Å². The van der Waals surface area contributed by atoms with Crippen molar-refractivity contribution in [2.24, 2.45) is 5.92 Å². The molecule has 0 aromatic heterocycles. The lowest BCUT2D eigenvalue weighted by Gasteiger charge is -2.25. The summed E-state index contributed by atoms with van der Waals surface area (Å²) in [5.41, 5.74) is 0. The van der Waals surface area contributed by atoms with E-state index in [0.717, 1.165) is 24.8 Å². The molecule has 0 aromatic rings. The fourth-order valence-corrected chi connectivity index (χ4v) is 1.41. The van der Waals surface area contributed by atoms with Crippen molar-refractivity contribution in [2.75, 3.05) is 18.8 Å². The van der Waals surface area contributed by atoms with Crippen LogP contribution in [0.4, 0.5) is 0 Å². The van der Waals surface area contributed by atoms with Gasteiger partial charge >= 0.3 is 0 Å². The molecule has 1 rings (SSSR count). The summed E-state index contributed by atoms with van der Waals surface area (Å²) in [6.07, 6.45) is 0. The predicted octanol–water partition coefficient (Wildman–Crippen LogP) is 0.485. The van der Waals surface area contributed by atoms with Gasteiger partial charge in [0.25, 0.3) is 0 Å². The van der Waals surface area contributed by atoms with Crippen LogP contribution in [-0.4, -0.2) is 24.0 Å². The zero-order valence-corrected chi connectivity index (χ0v) is 6.33. The van der Waals surface area contributed by atoms with Crippen LogP contribution in [0, 0.1) is 5.92 Å². The van der Waals surface area contributed by atoms with Gasteiger partial charge in [0.2, 0.25) is 0 Å². The molecule has 0 unspecified atom stereocenters. The monoisotopic (exact) mass is 145 g/mol. The van der Waals surface area contributed by atoms with Gasteiger partial charge in [-0.05, 0) is 19.0 Å². The molecule has 0 saturated carbocycles. The Kier molecular flexibility index (Phi) is 2.54. The Morgan fingerprint density at radius 1 is 1.78 bits per heavy atom. The number of carbonyl (C=O) groups excluding carboxylic acids is 1. The molecule has 0 bridgehead atoms. The molecule has 1 N–H and O–H groups in total. The largest absolute Gasteiger partial charge is 0.316 e.